The Kier molecular flexibility index (Phi) is 6.05. The van der Waals surface area contributed by atoms with Gasteiger partial charge in [0.2, 0.25) is 0 Å². The number of rotatable bonds is 7. The number of ether oxygens (including phenoxy) is 1. The average Bonchev–Trinajstić information content (AvgIpc) is 2.39. The van der Waals surface area contributed by atoms with Gasteiger partial charge in [0.25, 0.3) is 0 Å². The van der Waals surface area contributed by atoms with Gasteiger partial charge in [0.05, 0.1) is 12.2 Å². The summed E-state index contributed by atoms with van der Waals surface area (Å²) in [6.45, 7) is 7.52. The number of nitrogens with two attached hydrogens (primary N) is 1. The third-order valence-electron chi connectivity index (χ3n) is 4.40. The minimum atomic E-state index is -0.389. The highest BCUT2D eigenvalue weighted by molar-refractivity contribution is 4.86. The van der Waals surface area contributed by atoms with Crippen molar-refractivity contribution in [2.45, 2.75) is 57.1 Å². The van der Waals surface area contributed by atoms with Crippen LogP contribution >= 0.6 is 0 Å². The molecule has 2 unspecified atom stereocenters. The summed E-state index contributed by atoms with van der Waals surface area (Å²) in [7, 11) is 1.80. The summed E-state index contributed by atoms with van der Waals surface area (Å²) in [5.74, 6) is 0. The molecule has 1 rings (SSSR count). The first kappa shape index (κ1) is 15.9. The van der Waals surface area contributed by atoms with Gasteiger partial charge in [0.15, 0.2) is 0 Å². The quantitative estimate of drug-likeness (QED) is 0.724. The van der Waals surface area contributed by atoms with Gasteiger partial charge in [-0.15, -0.1) is 0 Å². The summed E-state index contributed by atoms with van der Waals surface area (Å²) < 4.78 is 5.59. The van der Waals surface area contributed by atoms with Crippen LogP contribution in [0.1, 0.15) is 46.0 Å². The molecular formula is C14H30N2O2. The summed E-state index contributed by atoms with van der Waals surface area (Å²) in [5.41, 5.74) is 5.72. The minimum absolute atomic E-state index is 0.0137. The van der Waals surface area contributed by atoms with Crippen LogP contribution < -0.4 is 5.73 Å². The molecule has 0 amide bonds. The van der Waals surface area contributed by atoms with Crippen molar-refractivity contribution < 1.29 is 9.84 Å². The molecule has 4 nitrogen and oxygen atoms in total. The molecule has 0 bridgehead atoms. The van der Waals surface area contributed by atoms with Crippen LogP contribution in [0.15, 0.2) is 0 Å². The maximum absolute atomic E-state index is 9.28. The monoisotopic (exact) mass is 258 g/mol. The molecule has 1 heterocycles. The molecule has 0 aromatic rings. The number of nitrogens with zero attached hydrogens (tertiary/aromatic N) is 1. The van der Waals surface area contributed by atoms with Crippen LogP contribution in [0.25, 0.3) is 0 Å². The van der Waals surface area contributed by atoms with Crippen molar-refractivity contribution in [2.75, 3.05) is 33.4 Å². The highest BCUT2D eigenvalue weighted by Gasteiger charge is 2.30. The van der Waals surface area contributed by atoms with Crippen molar-refractivity contribution in [1.29, 1.82) is 0 Å². The lowest BCUT2D eigenvalue weighted by atomic mass is 9.91. The molecule has 4 heteroatoms. The third-order valence-corrected chi connectivity index (χ3v) is 4.40. The van der Waals surface area contributed by atoms with E-state index in [-0.39, 0.29) is 17.7 Å². The smallest absolute Gasteiger partial charge is 0.0777 e. The van der Waals surface area contributed by atoms with E-state index in [9.17, 15) is 5.11 Å². The topological polar surface area (TPSA) is 58.7 Å². The lowest BCUT2D eigenvalue weighted by Gasteiger charge is -2.39. The molecule has 0 aliphatic carbocycles. The fraction of sp³-hybridized carbons (Fsp3) is 1.00. The number of piperidine rings is 1. The van der Waals surface area contributed by atoms with E-state index >= 15 is 0 Å². The van der Waals surface area contributed by atoms with E-state index in [0.717, 1.165) is 45.3 Å². The normalized spacial score (nSPS) is 29.2. The molecule has 1 saturated heterocycles. The zero-order chi connectivity index (χ0) is 13.6. The SMILES string of the molecule is CCC(N)(CO)CCCN1CCCC(C)(OC)C1. The van der Waals surface area contributed by atoms with Gasteiger partial charge in [-0.3, -0.25) is 0 Å². The van der Waals surface area contributed by atoms with E-state index in [4.69, 9.17) is 10.5 Å². The lowest BCUT2D eigenvalue weighted by molar-refractivity contribution is -0.0511. The van der Waals surface area contributed by atoms with Crippen LogP contribution in [0.4, 0.5) is 0 Å². The Morgan fingerprint density at radius 2 is 2.22 bits per heavy atom. The highest BCUT2D eigenvalue weighted by atomic mass is 16.5. The van der Waals surface area contributed by atoms with Crippen molar-refractivity contribution in [3.63, 3.8) is 0 Å². The van der Waals surface area contributed by atoms with Crippen LogP contribution in [0, 0.1) is 0 Å². The Bertz CT molecular complexity index is 244. The molecule has 1 aliphatic heterocycles. The fourth-order valence-corrected chi connectivity index (χ4v) is 2.69. The van der Waals surface area contributed by atoms with Gasteiger partial charge in [-0.1, -0.05) is 6.92 Å². The van der Waals surface area contributed by atoms with Crippen LogP contribution in [0.3, 0.4) is 0 Å². The number of methoxy groups -OCH3 is 1. The molecule has 1 aliphatic rings. The van der Waals surface area contributed by atoms with Crippen molar-refractivity contribution >= 4 is 0 Å². The Morgan fingerprint density at radius 3 is 2.78 bits per heavy atom. The average molecular weight is 258 g/mol. The van der Waals surface area contributed by atoms with Crippen LogP contribution in [-0.4, -0.2) is 54.5 Å². The first-order chi connectivity index (χ1) is 8.47. The van der Waals surface area contributed by atoms with Crippen LogP contribution in [0.2, 0.25) is 0 Å². The molecule has 0 radical (unpaired) electrons. The van der Waals surface area contributed by atoms with Gasteiger partial charge in [0, 0.05) is 19.2 Å². The lowest BCUT2D eigenvalue weighted by Crippen LogP contribution is -2.48. The Balaban J connectivity index is 2.31. The first-order valence-corrected chi connectivity index (χ1v) is 7.14. The summed E-state index contributed by atoms with van der Waals surface area (Å²) in [4.78, 5) is 2.46. The van der Waals surface area contributed by atoms with Crippen LogP contribution in [0.5, 0.6) is 0 Å². The predicted octanol–water partition coefficient (Wildman–Crippen LogP) is 1.37. The van der Waals surface area contributed by atoms with E-state index in [2.05, 4.69) is 11.8 Å². The molecule has 0 spiro atoms. The Hall–Kier alpha value is -0.160. The fourth-order valence-electron chi connectivity index (χ4n) is 2.69. The van der Waals surface area contributed by atoms with E-state index in [1.165, 1.54) is 6.42 Å². The van der Waals surface area contributed by atoms with E-state index < -0.39 is 0 Å². The molecule has 3 N–H and O–H groups in total. The van der Waals surface area contributed by atoms with Crippen molar-refractivity contribution in [3.05, 3.63) is 0 Å². The number of hydrogen-bond acceptors (Lipinski definition) is 4. The molecule has 2 atom stereocenters. The first-order valence-electron chi connectivity index (χ1n) is 7.14. The third kappa shape index (κ3) is 4.50. The molecule has 0 saturated carbocycles. The number of aliphatic hydroxyl groups excluding tert-OH is 1. The largest absolute Gasteiger partial charge is 0.394 e. The van der Waals surface area contributed by atoms with Gasteiger partial charge in [0.1, 0.15) is 0 Å². The van der Waals surface area contributed by atoms with Crippen molar-refractivity contribution in [1.82, 2.24) is 4.90 Å². The second kappa shape index (κ2) is 6.85. The Morgan fingerprint density at radius 1 is 1.50 bits per heavy atom. The molecule has 0 aromatic heterocycles. The zero-order valence-electron chi connectivity index (χ0n) is 12.2. The van der Waals surface area contributed by atoms with E-state index in [1.807, 2.05) is 6.92 Å². The second-order valence-electron chi connectivity index (χ2n) is 6.01. The summed E-state index contributed by atoms with van der Waals surface area (Å²) in [6, 6.07) is 0. The van der Waals surface area contributed by atoms with Gasteiger partial charge in [-0.25, -0.2) is 0 Å². The van der Waals surface area contributed by atoms with Gasteiger partial charge in [-0.2, -0.15) is 0 Å². The standard InChI is InChI=1S/C14H30N2O2/c1-4-14(15,12-17)8-6-10-16-9-5-7-13(2,11-16)18-3/h17H,4-12,15H2,1-3H3. The summed E-state index contributed by atoms with van der Waals surface area (Å²) in [6.07, 6.45) is 5.11. The van der Waals surface area contributed by atoms with Gasteiger partial charge >= 0.3 is 0 Å². The van der Waals surface area contributed by atoms with E-state index in [1.54, 1.807) is 7.11 Å². The second-order valence-corrected chi connectivity index (χ2v) is 6.01. The zero-order valence-corrected chi connectivity index (χ0v) is 12.2. The maximum atomic E-state index is 9.28. The number of hydrogen-bond donors (Lipinski definition) is 2. The van der Waals surface area contributed by atoms with Crippen LogP contribution in [-0.2, 0) is 4.74 Å². The molecule has 1 fully saturated rings. The van der Waals surface area contributed by atoms with Gasteiger partial charge in [-0.05, 0) is 52.1 Å². The highest BCUT2D eigenvalue weighted by Crippen LogP contribution is 2.24. The number of aliphatic hydroxyl groups is 1. The molecule has 18 heavy (non-hydrogen) atoms. The summed E-state index contributed by atoms with van der Waals surface area (Å²) in [5, 5.41) is 9.28. The van der Waals surface area contributed by atoms with Crippen molar-refractivity contribution in [2.24, 2.45) is 5.73 Å². The molecule has 0 aromatic carbocycles. The van der Waals surface area contributed by atoms with E-state index in [0.29, 0.717) is 0 Å². The minimum Gasteiger partial charge on any atom is -0.394 e. The Labute approximate surface area is 111 Å². The number of likely N-dealkylation sites (tertiary alicyclic amines) is 1. The van der Waals surface area contributed by atoms with Gasteiger partial charge < -0.3 is 20.5 Å². The van der Waals surface area contributed by atoms with Crippen molar-refractivity contribution in [3.8, 4) is 0 Å². The molecule has 108 valence electrons. The molecular weight excluding hydrogens is 228 g/mol. The summed E-state index contributed by atoms with van der Waals surface area (Å²) >= 11 is 0. The predicted molar refractivity (Wildman–Crippen MR) is 74.6 cm³/mol. The maximum Gasteiger partial charge on any atom is 0.0777 e.